The summed E-state index contributed by atoms with van der Waals surface area (Å²) in [7, 11) is 1.30. The number of benzene rings is 1. The molecule has 0 aliphatic heterocycles. The molecular weight excluding hydrogens is 250 g/mol. The lowest BCUT2D eigenvalue weighted by molar-refractivity contribution is -0.386. The Labute approximate surface area is 110 Å². The summed E-state index contributed by atoms with van der Waals surface area (Å²) in [5.41, 5.74) is -0.0924. The van der Waals surface area contributed by atoms with Crippen LogP contribution in [0.5, 0.6) is 11.5 Å². The molecule has 0 fully saturated rings. The minimum Gasteiger partial charge on any atom is -0.500 e. The van der Waals surface area contributed by atoms with Crippen molar-refractivity contribution < 1.29 is 14.8 Å². The second-order valence-electron chi connectivity index (χ2n) is 3.86. The zero-order valence-corrected chi connectivity index (χ0v) is 10.7. The molecule has 1 rings (SSSR count). The maximum Gasteiger partial charge on any atom is 0.315 e. The van der Waals surface area contributed by atoms with Crippen molar-refractivity contribution in [1.82, 2.24) is 5.32 Å². The Morgan fingerprint density at radius 1 is 1.63 bits per heavy atom. The van der Waals surface area contributed by atoms with E-state index in [2.05, 4.69) is 5.32 Å². The molecule has 7 heteroatoms. The molecule has 0 spiro atoms. The van der Waals surface area contributed by atoms with Crippen molar-refractivity contribution >= 4 is 5.69 Å². The first-order chi connectivity index (χ1) is 9.04. The first-order valence-electron chi connectivity index (χ1n) is 5.73. The van der Waals surface area contributed by atoms with Crippen molar-refractivity contribution in [1.29, 1.82) is 5.26 Å². The highest BCUT2D eigenvalue weighted by molar-refractivity contribution is 5.58. The third-order valence-corrected chi connectivity index (χ3v) is 2.55. The van der Waals surface area contributed by atoms with Gasteiger partial charge in [-0.3, -0.25) is 15.4 Å². The lowest BCUT2D eigenvalue weighted by Crippen LogP contribution is -2.20. The monoisotopic (exact) mass is 265 g/mol. The molecule has 1 atom stereocenters. The lowest BCUT2D eigenvalue weighted by Gasteiger charge is -2.13. The second kappa shape index (κ2) is 6.56. The summed E-state index contributed by atoms with van der Waals surface area (Å²) >= 11 is 0. The molecule has 0 saturated carbocycles. The fourth-order valence-electron chi connectivity index (χ4n) is 1.60. The number of nitriles is 1. The van der Waals surface area contributed by atoms with Crippen LogP contribution in [0, 0.1) is 21.4 Å². The summed E-state index contributed by atoms with van der Waals surface area (Å²) in [5.74, 6) is -0.564. The number of rotatable bonds is 6. The van der Waals surface area contributed by atoms with Gasteiger partial charge in [0.25, 0.3) is 0 Å². The Kier molecular flexibility index (Phi) is 5.09. The van der Waals surface area contributed by atoms with E-state index in [1.54, 1.807) is 0 Å². The molecule has 7 nitrogen and oxygen atoms in total. The van der Waals surface area contributed by atoms with E-state index in [1.807, 2.05) is 13.0 Å². The van der Waals surface area contributed by atoms with Gasteiger partial charge in [0.2, 0.25) is 5.75 Å². The SMILES string of the molecule is CCCNC(C#N)c1cc(OC)c(O)c([N+](=O)[O-])c1. The third-order valence-electron chi connectivity index (χ3n) is 2.55. The summed E-state index contributed by atoms with van der Waals surface area (Å²) in [5, 5.41) is 32.5. The Hall–Kier alpha value is -2.33. The number of hydrogen-bond donors (Lipinski definition) is 2. The summed E-state index contributed by atoms with van der Waals surface area (Å²) in [4.78, 5) is 10.1. The van der Waals surface area contributed by atoms with Crippen molar-refractivity contribution in [3.8, 4) is 17.6 Å². The van der Waals surface area contributed by atoms with Gasteiger partial charge in [0.1, 0.15) is 6.04 Å². The van der Waals surface area contributed by atoms with Crippen LogP contribution in [0.15, 0.2) is 12.1 Å². The maximum atomic E-state index is 10.9. The standard InChI is InChI=1S/C12H15N3O4/c1-3-4-14-9(7-13)8-5-10(15(17)18)12(16)11(6-8)19-2/h5-6,9,14,16H,3-4H2,1-2H3. The number of nitrogens with zero attached hydrogens (tertiary/aromatic N) is 2. The number of nitro benzene ring substituents is 1. The molecule has 19 heavy (non-hydrogen) atoms. The fourth-order valence-corrected chi connectivity index (χ4v) is 1.60. The number of nitrogens with one attached hydrogen (secondary N) is 1. The molecular formula is C12H15N3O4. The van der Waals surface area contributed by atoms with E-state index in [0.29, 0.717) is 12.1 Å². The molecule has 1 aromatic carbocycles. The van der Waals surface area contributed by atoms with Crippen molar-refractivity contribution in [2.75, 3.05) is 13.7 Å². The first kappa shape index (κ1) is 14.7. The van der Waals surface area contributed by atoms with Gasteiger partial charge >= 0.3 is 5.69 Å². The average molecular weight is 265 g/mol. The number of nitro groups is 1. The van der Waals surface area contributed by atoms with E-state index in [-0.39, 0.29) is 5.75 Å². The van der Waals surface area contributed by atoms with Crippen LogP contribution in [0.4, 0.5) is 5.69 Å². The maximum absolute atomic E-state index is 10.9. The molecule has 102 valence electrons. The van der Waals surface area contributed by atoms with E-state index in [9.17, 15) is 15.2 Å². The van der Waals surface area contributed by atoms with Crippen LogP contribution in [0.1, 0.15) is 24.9 Å². The van der Waals surface area contributed by atoms with Crippen molar-refractivity contribution in [2.45, 2.75) is 19.4 Å². The quantitative estimate of drug-likeness (QED) is 0.600. The van der Waals surface area contributed by atoms with Crippen molar-refractivity contribution in [3.63, 3.8) is 0 Å². The molecule has 1 aromatic rings. The lowest BCUT2D eigenvalue weighted by atomic mass is 10.1. The largest absolute Gasteiger partial charge is 0.500 e. The molecule has 0 aliphatic rings. The van der Waals surface area contributed by atoms with Crippen LogP contribution < -0.4 is 10.1 Å². The van der Waals surface area contributed by atoms with E-state index >= 15 is 0 Å². The predicted molar refractivity (Wildman–Crippen MR) is 68.0 cm³/mol. The van der Waals surface area contributed by atoms with E-state index in [0.717, 1.165) is 6.42 Å². The van der Waals surface area contributed by atoms with E-state index in [4.69, 9.17) is 10.00 Å². The summed E-state index contributed by atoms with van der Waals surface area (Å²) in [6.45, 7) is 2.55. The van der Waals surface area contributed by atoms with Crippen LogP contribution in [0.3, 0.4) is 0 Å². The normalized spacial score (nSPS) is 11.6. The molecule has 1 unspecified atom stereocenters. The van der Waals surface area contributed by atoms with Gasteiger partial charge in [-0.1, -0.05) is 6.92 Å². The second-order valence-corrected chi connectivity index (χ2v) is 3.86. The van der Waals surface area contributed by atoms with Crippen molar-refractivity contribution in [2.24, 2.45) is 0 Å². The van der Waals surface area contributed by atoms with Crippen LogP contribution in [0.2, 0.25) is 0 Å². The van der Waals surface area contributed by atoms with Crippen molar-refractivity contribution in [3.05, 3.63) is 27.8 Å². The number of phenols is 1. The number of phenolic OH excluding ortho intramolecular Hbond substituents is 1. The molecule has 0 aromatic heterocycles. The molecule has 0 radical (unpaired) electrons. The van der Waals surface area contributed by atoms with E-state index in [1.165, 1.54) is 19.2 Å². The molecule has 0 amide bonds. The van der Waals surface area contributed by atoms with Crippen LogP contribution in [-0.2, 0) is 0 Å². The van der Waals surface area contributed by atoms with Gasteiger partial charge in [-0.25, -0.2) is 0 Å². The minimum atomic E-state index is -0.713. The summed E-state index contributed by atoms with van der Waals surface area (Å²) in [6, 6.07) is 3.92. The molecule has 0 saturated heterocycles. The van der Waals surface area contributed by atoms with Gasteiger partial charge in [-0.2, -0.15) is 5.26 Å². The Balaban J connectivity index is 3.24. The zero-order valence-electron chi connectivity index (χ0n) is 10.7. The van der Waals surface area contributed by atoms with Gasteiger partial charge in [-0.05, 0) is 24.6 Å². The first-order valence-corrected chi connectivity index (χ1v) is 5.73. The zero-order chi connectivity index (χ0) is 14.4. The number of methoxy groups -OCH3 is 1. The highest BCUT2D eigenvalue weighted by atomic mass is 16.6. The van der Waals surface area contributed by atoms with Crippen LogP contribution in [-0.4, -0.2) is 23.7 Å². The number of ether oxygens (including phenoxy) is 1. The number of aromatic hydroxyl groups is 1. The number of hydrogen-bond acceptors (Lipinski definition) is 6. The highest BCUT2D eigenvalue weighted by Gasteiger charge is 2.23. The smallest absolute Gasteiger partial charge is 0.315 e. The van der Waals surface area contributed by atoms with E-state index < -0.39 is 22.4 Å². The third kappa shape index (κ3) is 3.33. The van der Waals surface area contributed by atoms with Gasteiger partial charge in [0, 0.05) is 6.07 Å². The van der Waals surface area contributed by atoms with Gasteiger partial charge < -0.3 is 9.84 Å². The topological polar surface area (TPSA) is 108 Å². The minimum absolute atomic E-state index is 0.0252. The predicted octanol–water partition coefficient (Wildman–Crippen LogP) is 1.87. The molecule has 0 aliphatic carbocycles. The Bertz CT molecular complexity index is 510. The Morgan fingerprint density at radius 3 is 2.79 bits per heavy atom. The Morgan fingerprint density at radius 2 is 2.32 bits per heavy atom. The van der Waals surface area contributed by atoms with Gasteiger partial charge in [0.05, 0.1) is 18.1 Å². The summed E-state index contributed by atoms with van der Waals surface area (Å²) in [6.07, 6.45) is 0.829. The fraction of sp³-hybridized carbons (Fsp3) is 0.417. The van der Waals surface area contributed by atoms with Gasteiger partial charge in [-0.15, -0.1) is 0 Å². The highest BCUT2D eigenvalue weighted by Crippen LogP contribution is 2.38. The van der Waals surface area contributed by atoms with Crippen LogP contribution in [0.25, 0.3) is 0 Å². The van der Waals surface area contributed by atoms with Crippen LogP contribution >= 0.6 is 0 Å². The molecule has 0 heterocycles. The average Bonchev–Trinajstić information content (AvgIpc) is 2.40. The summed E-state index contributed by atoms with van der Waals surface area (Å²) < 4.78 is 4.88. The van der Waals surface area contributed by atoms with Gasteiger partial charge in [0.15, 0.2) is 5.75 Å². The molecule has 0 bridgehead atoms. The molecule has 2 N–H and O–H groups in total.